The first-order chi connectivity index (χ1) is 27.2. The number of nitriles is 1. The molecule has 0 aliphatic carbocycles. The van der Waals surface area contributed by atoms with Gasteiger partial charge in [0.2, 0.25) is 0 Å². The van der Waals surface area contributed by atoms with Crippen LogP contribution in [-0.2, 0) is 0 Å². The van der Waals surface area contributed by atoms with Gasteiger partial charge in [0.25, 0.3) is 0 Å². The highest BCUT2D eigenvalue weighted by Crippen LogP contribution is 2.45. The summed E-state index contributed by atoms with van der Waals surface area (Å²) in [5.74, 6) is 0. The zero-order valence-corrected chi connectivity index (χ0v) is 29.6. The lowest BCUT2D eigenvalue weighted by molar-refractivity contribution is 1.18. The number of para-hydroxylation sites is 2. The van der Waals surface area contributed by atoms with Gasteiger partial charge < -0.3 is 4.57 Å². The van der Waals surface area contributed by atoms with E-state index in [0.29, 0.717) is 5.56 Å². The molecule has 12 aromatic rings. The largest absolute Gasteiger partial charge is 0.309 e. The highest BCUT2D eigenvalue weighted by atomic mass is 15.0. The Morgan fingerprint density at radius 2 is 1.04 bits per heavy atom. The molecular formula is C52H29N3. The molecule has 0 saturated carbocycles. The van der Waals surface area contributed by atoms with E-state index >= 15 is 0 Å². The van der Waals surface area contributed by atoms with E-state index in [0.717, 1.165) is 44.0 Å². The highest BCUT2D eigenvalue weighted by Gasteiger charge is 2.21. The predicted octanol–water partition coefficient (Wildman–Crippen LogP) is 13.7. The number of rotatable bonds is 4. The van der Waals surface area contributed by atoms with Crippen molar-refractivity contribution in [2.24, 2.45) is 0 Å². The third kappa shape index (κ3) is 4.28. The highest BCUT2D eigenvalue weighted by molar-refractivity contribution is 6.29. The van der Waals surface area contributed by atoms with Gasteiger partial charge in [0.1, 0.15) is 0 Å². The molecule has 0 atom stereocenters. The van der Waals surface area contributed by atoms with E-state index in [9.17, 15) is 5.26 Å². The number of nitrogens with zero attached hydrogens (tertiary/aromatic N) is 3. The maximum atomic E-state index is 10.0. The first kappa shape index (κ1) is 30.0. The molecule has 0 amide bonds. The van der Waals surface area contributed by atoms with Crippen molar-refractivity contribution in [3.05, 3.63) is 182 Å². The zero-order chi connectivity index (χ0) is 36.2. The Balaban J connectivity index is 0.991. The van der Waals surface area contributed by atoms with Gasteiger partial charge in [-0.05, 0) is 126 Å². The molecule has 10 aromatic carbocycles. The summed E-state index contributed by atoms with van der Waals surface area (Å²) >= 11 is 0. The quantitative estimate of drug-likeness (QED) is 0.172. The molecule has 2 heterocycles. The van der Waals surface area contributed by atoms with Crippen molar-refractivity contribution < 1.29 is 0 Å². The lowest BCUT2D eigenvalue weighted by atomic mass is 9.88. The van der Waals surface area contributed by atoms with Crippen LogP contribution in [0.15, 0.2) is 176 Å². The maximum Gasteiger partial charge on any atom is 0.0998 e. The normalized spacial score (nSPS) is 12.0. The van der Waals surface area contributed by atoms with E-state index in [1.165, 1.54) is 70.9 Å². The van der Waals surface area contributed by atoms with Crippen molar-refractivity contribution in [1.82, 2.24) is 9.55 Å². The third-order valence-corrected chi connectivity index (χ3v) is 11.7. The van der Waals surface area contributed by atoms with Crippen LogP contribution < -0.4 is 0 Å². The Morgan fingerprint density at radius 3 is 1.75 bits per heavy atom. The SMILES string of the molecule is N#Cc1ccc2c3c1ccc1c(-c4cc5ccc6cc(-c7ccc(-c8cccc9cccnc89)cc7)cc7ccc(c4)c5c67)ccc(c13)n2-c1ccccc1. The number of pyridine rings is 1. The summed E-state index contributed by atoms with van der Waals surface area (Å²) in [5.41, 5.74) is 12.2. The Kier molecular flexibility index (Phi) is 6.12. The number of hydrogen-bond donors (Lipinski definition) is 0. The van der Waals surface area contributed by atoms with Crippen LogP contribution in [0.25, 0.3) is 115 Å². The number of fused-ring (bicyclic) bond motifs is 1. The van der Waals surface area contributed by atoms with E-state index in [4.69, 9.17) is 0 Å². The lowest BCUT2D eigenvalue weighted by Crippen LogP contribution is -1.93. The van der Waals surface area contributed by atoms with Crippen LogP contribution in [0.5, 0.6) is 0 Å². The fraction of sp³-hybridized carbons (Fsp3) is 0. The van der Waals surface area contributed by atoms with Crippen LogP contribution >= 0.6 is 0 Å². The van der Waals surface area contributed by atoms with Gasteiger partial charge in [-0.15, -0.1) is 0 Å². The van der Waals surface area contributed by atoms with Crippen molar-refractivity contribution in [2.45, 2.75) is 0 Å². The summed E-state index contributed by atoms with van der Waals surface area (Å²) in [6, 6.07) is 63.8. The van der Waals surface area contributed by atoms with E-state index in [-0.39, 0.29) is 0 Å². The van der Waals surface area contributed by atoms with E-state index in [2.05, 4.69) is 173 Å². The monoisotopic (exact) mass is 695 g/mol. The molecule has 0 spiro atoms. The fourth-order valence-corrected chi connectivity index (χ4v) is 9.30. The van der Waals surface area contributed by atoms with Crippen LogP contribution in [0, 0.1) is 11.3 Å². The van der Waals surface area contributed by atoms with Gasteiger partial charge in [-0.2, -0.15) is 5.26 Å². The molecule has 0 N–H and O–H groups in total. The molecule has 2 aromatic heterocycles. The van der Waals surface area contributed by atoms with Gasteiger partial charge in [0, 0.05) is 39.0 Å². The molecule has 0 aliphatic rings. The standard InChI is InChI=1S/C52H29N3/c53-30-38-19-23-46-50-43(38)20-21-45-42(22-24-47(51(45)50)55(46)41-8-2-1-3-9-41)40-28-36-17-15-34-26-39(27-35-16-18-37(29-40)49(36)48(34)35)31-11-13-32(14-12-31)44-10-4-6-33-7-5-25-54-52(33)44/h1-29H. The molecule has 0 bridgehead atoms. The van der Waals surface area contributed by atoms with Crippen LogP contribution in [-0.4, -0.2) is 9.55 Å². The minimum absolute atomic E-state index is 0.702. The second-order valence-corrected chi connectivity index (χ2v) is 14.6. The average Bonchev–Trinajstić information content (AvgIpc) is 3.59. The molecule has 3 heteroatoms. The first-order valence-corrected chi connectivity index (χ1v) is 18.7. The van der Waals surface area contributed by atoms with E-state index in [1.54, 1.807) is 0 Å². The number of aromatic nitrogens is 2. The molecule has 3 nitrogen and oxygen atoms in total. The Bertz CT molecular complexity index is 3460. The minimum Gasteiger partial charge on any atom is -0.309 e. The molecule has 0 aliphatic heterocycles. The molecule has 12 rings (SSSR count). The summed E-state index contributed by atoms with van der Waals surface area (Å²) in [6.45, 7) is 0. The van der Waals surface area contributed by atoms with Gasteiger partial charge in [-0.25, -0.2) is 0 Å². The van der Waals surface area contributed by atoms with Crippen molar-refractivity contribution in [3.63, 3.8) is 0 Å². The third-order valence-electron chi connectivity index (χ3n) is 11.7. The van der Waals surface area contributed by atoms with Crippen LogP contribution in [0.4, 0.5) is 0 Å². The number of hydrogen-bond acceptors (Lipinski definition) is 2. The molecule has 0 radical (unpaired) electrons. The van der Waals surface area contributed by atoms with Gasteiger partial charge in [0.05, 0.1) is 28.2 Å². The second-order valence-electron chi connectivity index (χ2n) is 14.6. The smallest absolute Gasteiger partial charge is 0.0998 e. The average molecular weight is 696 g/mol. The molecule has 0 fully saturated rings. The summed E-state index contributed by atoms with van der Waals surface area (Å²) in [6.07, 6.45) is 1.87. The summed E-state index contributed by atoms with van der Waals surface area (Å²) < 4.78 is 2.33. The zero-order valence-electron chi connectivity index (χ0n) is 29.6. The van der Waals surface area contributed by atoms with Gasteiger partial charge in [-0.3, -0.25) is 4.98 Å². The first-order valence-electron chi connectivity index (χ1n) is 18.7. The second kappa shape index (κ2) is 11.2. The molecule has 0 saturated heterocycles. The molecular weight excluding hydrogens is 667 g/mol. The lowest BCUT2D eigenvalue weighted by Gasteiger charge is -2.16. The van der Waals surface area contributed by atoms with Crippen molar-refractivity contribution in [1.29, 1.82) is 5.26 Å². The Morgan fingerprint density at radius 1 is 0.418 bits per heavy atom. The maximum absolute atomic E-state index is 10.0. The Labute approximate surface area is 316 Å². The summed E-state index contributed by atoms with van der Waals surface area (Å²) in [5, 5.41) is 23.3. The van der Waals surface area contributed by atoms with E-state index < -0.39 is 0 Å². The van der Waals surface area contributed by atoms with Crippen molar-refractivity contribution >= 4 is 75.8 Å². The topological polar surface area (TPSA) is 41.6 Å². The Hall–Kier alpha value is -7.54. The summed E-state index contributed by atoms with van der Waals surface area (Å²) in [7, 11) is 0. The van der Waals surface area contributed by atoms with Crippen LogP contribution in [0.3, 0.4) is 0 Å². The van der Waals surface area contributed by atoms with Crippen molar-refractivity contribution in [2.75, 3.05) is 0 Å². The van der Waals surface area contributed by atoms with Crippen molar-refractivity contribution in [3.8, 4) is 45.1 Å². The van der Waals surface area contributed by atoms with Gasteiger partial charge in [-0.1, -0.05) is 109 Å². The summed E-state index contributed by atoms with van der Waals surface area (Å²) in [4.78, 5) is 4.68. The molecule has 252 valence electrons. The molecule has 55 heavy (non-hydrogen) atoms. The van der Waals surface area contributed by atoms with Gasteiger partial charge in [0.15, 0.2) is 0 Å². The van der Waals surface area contributed by atoms with Gasteiger partial charge >= 0.3 is 0 Å². The minimum atomic E-state index is 0.702. The molecule has 0 unspecified atom stereocenters. The number of benzene rings is 10. The van der Waals surface area contributed by atoms with E-state index in [1.807, 2.05) is 18.3 Å². The van der Waals surface area contributed by atoms with Crippen LogP contribution in [0.1, 0.15) is 5.56 Å². The van der Waals surface area contributed by atoms with Crippen LogP contribution in [0.2, 0.25) is 0 Å². The fourth-order valence-electron chi connectivity index (χ4n) is 9.30. The predicted molar refractivity (Wildman–Crippen MR) is 230 cm³/mol.